The van der Waals surface area contributed by atoms with Crippen LogP contribution in [0.25, 0.3) is 0 Å². The molecule has 1 heterocycles. The molecular formula is C15H19ClN2O. The first-order valence-corrected chi connectivity index (χ1v) is 7.36. The van der Waals surface area contributed by atoms with E-state index in [4.69, 9.17) is 11.6 Å². The highest BCUT2D eigenvalue weighted by molar-refractivity contribution is 6.30. The molecule has 0 spiro atoms. The second-order valence-corrected chi connectivity index (χ2v) is 6.04. The summed E-state index contributed by atoms with van der Waals surface area (Å²) >= 11 is 5.95. The Bertz CT molecular complexity index is 468. The summed E-state index contributed by atoms with van der Waals surface area (Å²) in [6, 6.07) is 8.57. The van der Waals surface area contributed by atoms with Crippen LogP contribution in [0.4, 0.5) is 0 Å². The molecule has 0 radical (unpaired) electrons. The highest BCUT2D eigenvalue weighted by Crippen LogP contribution is 2.46. The summed E-state index contributed by atoms with van der Waals surface area (Å²) in [5.74, 6) is 0.181. The van der Waals surface area contributed by atoms with Crippen molar-refractivity contribution in [3.05, 3.63) is 34.9 Å². The van der Waals surface area contributed by atoms with Gasteiger partial charge in [0.2, 0.25) is 5.91 Å². The van der Waals surface area contributed by atoms with Crippen LogP contribution in [0.3, 0.4) is 0 Å². The summed E-state index contributed by atoms with van der Waals surface area (Å²) < 4.78 is 0. The third-order valence-electron chi connectivity index (χ3n) is 4.16. The maximum Gasteiger partial charge on any atom is 0.220 e. The van der Waals surface area contributed by atoms with Crippen LogP contribution < -0.4 is 10.6 Å². The number of nitrogens with one attached hydrogen (secondary N) is 2. The summed E-state index contributed by atoms with van der Waals surface area (Å²) in [4.78, 5) is 11.4. The van der Waals surface area contributed by atoms with Gasteiger partial charge in [0.15, 0.2) is 0 Å². The Morgan fingerprint density at radius 1 is 1.21 bits per heavy atom. The van der Waals surface area contributed by atoms with Gasteiger partial charge in [-0.3, -0.25) is 4.79 Å². The van der Waals surface area contributed by atoms with Crippen molar-refractivity contribution in [2.45, 2.75) is 43.7 Å². The second-order valence-electron chi connectivity index (χ2n) is 5.61. The first-order chi connectivity index (χ1) is 9.18. The third kappa shape index (κ3) is 2.93. The number of hydrogen-bond donors (Lipinski definition) is 2. The summed E-state index contributed by atoms with van der Waals surface area (Å²) in [6.07, 6.45) is 4.93. The van der Waals surface area contributed by atoms with E-state index in [9.17, 15) is 4.79 Å². The zero-order valence-corrected chi connectivity index (χ0v) is 11.7. The summed E-state index contributed by atoms with van der Waals surface area (Å²) in [5.41, 5.74) is 1.45. The van der Waals surface area contributed by atoms with Crippen molar-refractivity contribution in [1.82, 2.24) is 10.6 Å². The Labute approximate surface area is 118 Å². The first-order valence-electron chi connectivity index (χ1n) is 6.98. The smallest absolute Gasteiger partial charge is 0.220 e. The molecule has 2 aliphatic rings. The Balaban J connectivity index is 1.68. The zero-order valence-electron chi connectivity index (χ0n) is 10.9. The molecule has 0 bridgehead atoms. The van der Waals surface area contributed by atoms with E-state index in [0.29, 0.717) is 12.5 Å². The molecule has 1 aliphatic carbocycles. The lowest BCUT2D eigenvalue weighted by molar-refractivity contribution is -0.120. The maximum atomic E-state index is 11.4. The van der Waals surface area contributed by atoms with Gasteiger partial charge in [0.25, 0.3) is 0 Å². The van der Waals surface area contributed by atoms with Crippen LogP contribution in [-0.2, 0) is 10.3 Å². The lowest BCUT2D eigenvalue weighted by Crippen LogP contribution is -2.38. The minimum absolute atomic E-state index is 0.128. The number of carbonyl (C=O) groups is 1. The second kappa shape index (κ2) is 5.14. The normalized spacial score (nSPS) is 25.5. The first kappa shape index (κ1) is 12.9. The monoisotopic (exact) mass is 278 g/mol. The van der Waals surface area contributed by atoms with Gasteiger partial charge >= 0.3 is 0 Å². The molecule has 2 N–H and O–H groups in total. The van der Waals surface area contributed by atoms with E-state index in [-0.39, 0.29) is 11.4 Å². The van der Waals surface area contributed by atoms with Gasteiger partial charge in [-0.1, -0.05) is 23.7 Å². The van der Waals surface area contributed by atoms with E-state index in [0.717, 1.165) is 24.4 Å². The average Bonchev–Trinajstić information content (AvgIpc) is 3.19. The highest BCUT2D eigenvalue weighted by Gasteiger charge is 2.45. The van der Waals surface area contributed by atoms with Crippen molar-refractivity contribution in [1.29, 1.82) is 0 Å². The molecule has 3 nitrogen and oxygen atoms in total. The minimum atomic E-state index is 0.128. The Hall–Kier alpha value is -1.06. The van der Waals surface area contributed by atoms with Crippen LogP contribution in [0.1, 0.15) is 37.7 Å². The Kier molecular flexibility index (Phi) is 3.50. The van der Waals surface area contributed by atoms with Crippen molar-refractivity contribution in [2.75, 3.05) is 6.54 Å². The molecule has 1 aromatic carbocycles. The molecule has 1 amide bonds. The molecule has 1 saturated carbocycles. The average molecular weight is 279 g/mol. The van der Waals surface area contributed by atoms with Crippen molar-refractivity contribution in [2.24, 2.45) is 0 Å². The predicted molar refractivity (Wildman–Crippen MR) is 76.1 cm³/mol. The SMILES string of the molecule is O=C1CC[C@H](NC2(c3ccc(Cl)cc3)CC2)CCN1. The van der Waals surface area contributed by atoms with Gasteiger partial charge < -0.3 is 10.6 Å². The van der Waals surface area contributed by atoms with Gasteiger partial charge in [-0.25, -0.2) is 0 Å². The van der Waals surface area contributed by atoms with Crippen LogP contribution in [0, 0.1) is 0 Å². The molecule has 0 aromatic heterocycles. The van der Waals surface area contributed by atoms with E-state index in [1.165, 1.54) is 18.4 Å². The van der Waals surface area contributed by atoms with Gasteiger partial charge in [-0.15, -0.1) is 0 Å². The number of rotatable bonds is 3. The van der Waals surface area contributed by atoms with E-state index in [1.807, 2.05) is 12.1 Å². The van der Waals surface area contributed by atoms with Crippen molar-refractivity contribution in [3.8, 4) is 0 Å². The largest absolute Gasteiger partial charge is 0.356 e. The molecule has 2 fully saturated rings. The Morgan fingerprint density at radius 3 is 2.63 bits per heavy atom. The lowest BCUT2D eigenvalue weighted by atomic mass is 10.0. The number of carbonyl (C=O) groups excluding carboxylic acids is 1. The summed E-state index contributed by atoms with van der Waals surface area (Å²) in [7, 11) is 0. The topological polar surface area (TPSA) is 41.1 Å². The Morgan fingerprint density at radius 2 is 1.95 bits per heavy atom. The van der Waals surface area contributed by atoms with Gasteiger partial charge in [-0.2, -0.15) is 0 Å². The quantitative estimate of drug-likeness (QED) is 0.892. The fourth-order valence-electron chi connectivity index (χ4n) is 2.87. The zero-order chi connectivity index (χ0) is 13.3. The standard InChI is InChI=1S/C15H19ClN2O/c16-12-3-1-11(2-4-12)15(8-9-15)18-13-5-6-14(19)17-10-7-13/h1-4,13,18H,5-10H2,(H,17,19)/t13-/m0/s1. The molecule has 1 aromatic rings. The maximum absolute atomic E-state index is 11.4. The van der Waals surface area contributed by atoms with Gasteiger partial charge in [-0.05, 0) is 43.4 Å². The lowest BCUT2D eigenvalue weighted by Gasteiger charge is -2.25. The van der Waals surface area contributed by atoms with Gasteiger partial charge in [0, 0.05) is 29.6 Å². The molecule has 1 saturated heterocycles. The molecular weight excluding hydrogens is 260 g/mol. The van der Waals surface area contributed by atoms with Crippen molar-refractivity contribution >= 4 is 17.5 Å². The molecule has 1 aliphatic heterocycles. The van der Waals surface area contributed by atoms with Crippen LogP contribution >= 0.6 is 11.6 Å². The molecule has 19 heavy (non-hydrogen) atoms. The van der Waals surface area contributed by atoms with E-state index in [1.54, 1.807) is 0 Å². The van der Waals surface area contributed by atoms with Crippen LogP contribution in [0.2, 0.25) is 5.02 Å². The van der Waals surface area contributed by atoms with Crippen LogP contribution in [0.5, 0.6) is 0 Å². The summed E-state index contributed by atoms with van der Waals surface area (Å²) in [6.45, 7) is 0.785. The van der Waals surface area contributed by atoms with E-state index < -0.39 is 0 Å². The predicted octanol–water partition coefficient (Wildman–Crippen LogP) is 2.59. The van der Waals surface area contributed by atoms with E-state index in [2.05, 4.69) is 22.8 Å². The fourth-order valence-corrected chi connectivity index (χ4v) is 3.00. The van der Waals surface area contributed by atoms with E-state index >= 15 is 0 Å². The number of halogens is 1. The van der Waals surface area contributed by atoms with Crippen molar-refractivity contribution < 1.29 is 4.79 Å². The third-order valence-corrected chi connectivity index (χ3v) is 4.41. The van der Waals surface area contributed by atoms with Crippen LogP contribution in [-0.4, -0.2) is 18.5 Å². The van der Waals surface area contributed by atoms with Crippen LogP contribution in [0.15, 0.2) is 24.3 Å². The number of benzene rings is 1. The minimum Gasteiger partial charge on any atom is -0.356 e. The molecule has 1 atom stereocenters. The summed E-state index contributed by atoms with van der Waals surface area (Å²) in [5, 5.41) is 7.48. The van der Waals surface area contributed by atoms with Crippen molar-refractivity contribution in [3.63, 3.8) is 0 Å². The number of amides is 1. The number of hydrogen-bond acceptors (Lipinski definition) is 2. The highest BCUT2D eigenvalue weighted by atomic mass is 35.5. The van der Waals surface area contributed by atoms with Gasteiger partial charge in [0.1, 0.15) is 0 Å². The molecule has 102 valence electrons. The van der Waals surface area contributed by atoms with Gasteiger partial charge in [0.05, 0.1) is 0 Å². The molecule has 3 rings (SSSR count). The molecule has 4 heteroatoms. The molecule has 0 unspecified atom stereocenters. The fraction of sp³-hybridized carbons (Fsp3) is 0.533.